The van der Waals surface area contributed by atoms with Crippen LogP contribution in [0.25, 0.3) is 0 Å². The van der Waals surface area contributed by atoms with Crippen molar-refractivity contribution in [2.45, 2.75) is 81.9 Å². The van der Waals surface area contributed by atoms with Crippen LogP contribution in [0.1, 0.15) is 62.5 Å². The number of rotatable bonds is 14. The molecular weight excluding hydrogens is 521 g/mol. The van der Waals surface area contributed by atoms with Gasteiger partial charge in [-0.25, -0.2) is 0 Å². The molecule has 2 fully saturated rings. The van der Waals surface area contributed by atoms with E-state index in [2.05, 4.69) is 12.7 Å². The molecule has 0 amide bonds. The predicted octanol–water partition coefficient (Wildman–Crippen LogP) is 7.22. The lowest BCUT2D eigenvalue weighted by atomic mass is 9.91. The SMILES string of the molecule is C=CCOC(=O)CCC/C=C\C[C@@H]1C(COCc2cccc(C(F)(F)F)c2)[C@H](OC2CCCCO2)C[C@H]1Cl. The molecule has 3 rings (SSSR count). The summed E-state index contributed by atoms with van der Waals surface area (Å²) in [5.74, 6) is -0.175. The Balaban J connectivity index is 1.56. The second-order valence-electron chi connectivity index (χ2n) is 9.83. The van der Waals surface area contributed by atoms with Crippen LogP contribution >= 0.6 is 11.6 Å². The molecule has 0 aromatic heterocycles. The quantitative estimate of drug-likeness (QED) is 0.104. The number of esters is 1. The minimum absolute atomic E-state index is 0.0210. The Morgan fingerprint density at radius 3 is 2.79 bits per heavy atom. The summed E-state index contributed by atoms with van der Waals surface area (Å²) < 4.78 is 62.2. The zero-order valence-electron chi connectivity index (χ0n) is 21.7. The maximum atomic E-state index is 13.1. The Hall–Kier alpha value is -1.87. The Labute approximate surface area is 228 Å². The third kappa shape index (κ3) is 10.0. The van der Waals surface area contributed by atoms with E-state index in [1.807, 2.05) is 6.08 Å². The molecule has 2 unspecified atom stereocenters. The van der Waals surface area contributed by atoms with Crippen molar-refractivity contribution in [3.63, 3.8) is 0 Å². The predicted molar refractivity (Wildman–Crippen MR) is 140 cm³/mol. The standard InChI is InChI=1S/C29H38ClF3O5/c1-2-15-36-27(34)13-6-4-3-5-12-23-24(26(18-25(23)30)38-28-14-7-8-16-37-28)20-35-19-21-10-9-11-22(17-21)29(31,32)33/h2-3,5,9-11,17,23-26,28H,1,4,6-8,12-16,18-20H2/b5-3-/t23-,24?,25-,26-,28?/m1/s1. The van der Waals surface area contributed by atoms with Crippen molar-refractivity contribution in [1.82, 2.24) is 0 Å². The van der Waals surface area contributed by atoms with Crippen LogP contribution in [-0.4, -0.2) is 43.6 Å². The van der Waals surface area contributed by atoms with Gasteiger partial charge in [-0.3, -0.25) is 4.79 Å². The number of carbonyl (C=O) groups is 1. The number of hydrogen-bond donors (Lipinski definition) is 0. The van der Waals surface area contributed by atoms with Crippen LogP contribution < -0.4 is 0 Å². The average Bonchev–Trinajstić information content (AvgIpc) is 3.18. The van der Waals surface area contributed by atoms with E-state index in [1.165, 1.54) is 6.07 Å². The second-order valence-corrected chi connectivity index (χ2v) is 10.4. The van der Waals surface area contributed by atoms with E-state index in [4.69, 9.17) is 30.5 Å². The smallest absolute Gasteiger partial charge is 0.416 e. The highest BCUT2D eigenvalue weighted by Gasteiger charge is 2.43. The Morgan fingerprint density at radius 1 is 1.21 bits per heavy atom. The van der Waals surface area contributed by atoms with Crippen molar-refractivity contribution in [2.24, 2.45) is 11.8 Å². The lowest BCUT2D eigenvalue weighted by Crippen LogP contribution is -2.33. The highest BCUT2D eigenvalue weighted by molar-refractivity contribution is 6.21. The van der Waals surface area contributed by atoms with E-state index in [0.29, 0.717) is 38.0 Å². The summed E-state index contributed by atoms with van der Waals surface area (Å²) in [7, 11) is 0. The first kappa shape index (κ1) is 30.7. The highest BCUT2D eigenvalue weighted by Crippen LogP contribution is 2.41. The van der Waals surface area contributed by atoms with Crippen LogP contribution in [0.5, 0.6) is 0 Å². The van der Waals surface area contributed by atoms with Gasteiger partial charge in [0.15, 0.2) is 6.29 Å². The molecule has 2 aliphatic rings. The topological polar surface area (TPSA) is 54.0 Å². The maximum Gasteiger partial charge on any atom is 0.416 e. The van der Waals surface area contributed by atoms with Crippen molar-refractivity contribution in [2.75, 3.05) is 19.8 Å². The third-order valence-corrected chi connectivity index (χ3v) is 7.44. The van der Waals surface area contributed by atoms with Crippen molar-refractivity contribution in [1.29, 1.82) is 0 Å². The van der Waals surface area contributed by atoms with Crippen LogP contribution in [0.15, 0.2) is 49.1 Å². The molecule has 0 bridgehead atoms. The Morgan fingerprint density at radius 2 is 2.05 bits per heavy atom. The molecule has 1 aromatic rings. The first-order valence-electron chi connectivity index (χ1n) is 13.3. The highest BCUT2D eigenvalue weighted by atomic mass is 35.5. The van der Waals surface area contributed by atoms with Gasteiger partial charge in [-0.05, 0) is 68.6 Å². The largest absolute Gasteiger partial charge is 0.461 e. The molecule has 1 aromatic carbocycles. The van der Waals surface area contributed by atoms with E-state index in [-0.39, 0.29) is 48.8 Å². The maximum absolute atomic E-state index is 13.1. The number of alkyl halides is 4. The summed E-state index contributed by atoms with van der Waals surface area (Å²) in [5.41, 5.74) is -0.218. The van der Waals surface area contributed by atoms with E-state index in [0.717, 1.165) is 44.2 Å². The fraction of sp³-hybridized carbons (Fsp3) is 0.621. The first-order chi connectivity index (χ1) is 18.3. The van der Waals surface area contributed by atoms with Crippen molar-refractivity contribution in [3.8, 4) is 0 Å². The average molecular weight is 559 g/mol. The minimum atomic E-state index is -4.39. The van der Waals surface area contributed by atoms with Crippen molar-refractivity contribution in [3.05, 3.63) is 60.2 Å². The summed E-state index contributed by atoms with van der Waals surface area (Å²) in [6.07, 6.45) is 6.92. The van der Waals surface area contributed by atoms with Crippen LogP contribution in [-0.2, 0) is 36.5 Å². The normalized spacial score (nSPS) is 26.1. The monoisotopic (exact) mass is 558 g/mol. The molecule has 5 nitrogen and oxygen atoms in total. The number of carbonyl (C=O) groups excluding carboxylic acids is 1. The van der Waals surface area contributed by atoms with Gasteiger partial charge in [-0.2, -0.15) is 13.2 Å². The third-order valence-electron chi connectivity index (χ3n) is 6.94. The van der Waals surface area contributed by atoms with Gasteiger partial charge in [-0.15, -0.1) is 11.6 Å². The molecule has 1 aliphatic heterocycles. The number of halogens is 4. The van der Waals surface area contributed by atoms with Crippen LogP contribution in [0.2, 0.25) is 0 Å². The summed E-state index contributed by atoms with van der Waals surface area (Å²) in [6.45, 7) is 4.81. The lowest BCUT2D eigenvalue weighted by Gasteiger charge is -2.30. The fourth-order valence-corrected chi connectivity index (χ4v) is 5.41. The van der Waals surface area contributed by atoms with Crippen LogP contribution in [0.3, 0.4) is 0 Å². The van der Waals surface area contributed by atoms with Gasteiger partial charge in [0.05, 0.1) is 24.9 Å². The summed E-state index contributed by atoms with van der Waals surface area (Å²) in [5, 5.41) is -0.121. The second kappa shape index (κ2) is 15.7. The number of benzene rings is 1. The molecule has 212 valence electrons. The number of allylic oxidation sites excluding steroid dienone is 2. The van der Waals surface area contributed by atoms with Gasteiger partial charge >= 0.3 is 12.1 Å². The Kier molecular flexibility index (Phi) is 12.6. The van der Waals surface area contributed by atoms with Gasteiger partial charge in [0.25, 0.3) is 0 Å². The molecule has 0 N–H and O–H groups in total. The molecule has 5 atom stereocenters. The molecule has 1 heterocycles. The van der Waals surface area contributed by atoms with Gasteiger partial charge in [0.2, 0.25) is 0 Å². The van der Waals surface area contributed by atoms with Crippen molar-refractivity contribution < 1.29 is 36.9 Å². The number of ether oxygens (including phenoxy) is 4. The number of hydrogen-bond acceptors (Lipinski definition) is 5. The molecule has 1 saturated carbocycles. The fourth-order valence-electron chi connectivity index (χ4n) is 4.95. The molecular formula is C29H38ClF3O5. The van der Waals surface area contributed by atoms with Gasteiger partial charge in [0.1, 0.15) is 6.61 Å². The first-order valence-corrected chi connectivity index (χ1v) is 13.8. The summed E-state index contributed by atoms with van der Waals surface area (Å²) in [4.78, 5) is 11.6. The van der Waals surface area contributed by atoms with E-state index < -0.39 is 11.7 Å². The van der Waals surface area contributed by atoms with Crippen molar-refractivity contribution >= 4 is 17.6 Å². The van der Waals surface area contributed by atoms with E-state index in [9.17, 15) is 18.0 Å². The minimum Gasteiger partial charge on any atom is -0.461 e. The van der Waals surface area contributed by atoms with Gasteiger partial charge < -0.3 is 18.9 Å². The van der Waals surface area contributed by atoms with Crippen LogP contribution in [0.4, 0.5) is 13.2 Å². The molecule has 38 heavy (non-hydrogen) atoms. The van der Waals surface area contributed by atoms with Crippen LogP contribution in [0, 0.1) is 11.8 Å². The molecule has 1 aliphatic carbocycles. The van der Waals surface area contributed by atoms with E-state index in [1.54, 1.807) is 12.1 Å². The number of unbranched alkanes of at least 4 members (excludes halogenated alkanes) is 1. The van der Waals surface area contributed by atoms with Gasteiger partial charge in [-0.1, -0.05) is 36.9 Å². The zero-order chi connectivity index (χ0) is 27.4. The molecule has 0 spiro atoms. The summed E-state index contributed by atoms with van der Waals surface area (Å²) >= 11 is 6.78. The molecule has 1 saturated heterocycles. The Bertz CT molecular complexity index is 900. The zero-order valence-corrected chi connectivity index (χ0v) is 22.4. The molecule has 0 radical (unpaired) electrons. The lowest BCUT2D eigenvalue weighted by molar-refractivity contribution is -0.199. The molecule has 9 heteroatoms. The summed E-state index contributed by atoms with van der Waals surface area (Å²) in [6, 6.07) is 5.20. The van der Waals surface area contributed by atoms with Gasteiger partial charge in [0, 0.05) is 24.3 Å². The van der Waals surface area contributed by atoms with E-state index >= 15 is 0 Å².